The number of likely N-dealkylation sites (tertiary alicyclic amines) is 1. The monoisotopic (exact) mass is 269 g/mol. The highest BCUT2D eigenvalue weighted by molar-refractivity contribution is 6.76. The number of rotatable bonds is 5. The van der Waals surface area contributed by atoms with Gasteiger partial charge in [0.25, 0.3) is 0 Å². The molecule has 1 rings (SSSR count). The number of amides is 2. The van der Waals surface area contributed by atoms with Crippen molar-refractivity contribution in [3.8, 4) is 0 Å². The first-order valence-electron chi connectivity index (χ1n) is 7.10. The lowest BCUT2D eigenvalue weighted by Gasteiger charge is -2.23. The summed E-state index contributed by atoms with van der Waals surface area (Å²) in [6, 6.07) is 1.44. The number of carbonyl (C=O) groups is 2. The van der Waals surface area contributed by atoms with Gasteiger partial charge in [0.15, 0.2) is 0 Å². The summed E-state index contributed by atoms with van der Waals surface area (Å²) < 4.78 is 0. The quantitative estimate of drug-likeness (QED) is 0.718. The first-order chi connectivity index (χ1) is 8.26. The van der Waals surface area contributed by atoms with E-state index in [9.17, 15) is 9.59 Å². The Balaban J connectivity index is 2.58. The van der Waals surface area contributed by atoms with Crippen molar-refractivity contribution in [2.45, 2.75) is 71.3 Å². The molecule has 1 aliphatic heterocycles. The molecule has 0 unspecified atom stereocenters. The van der Waals surface area contributed by atoms with Crippen LogP contribution in [-0.2, 0) is 9.59 Å². The third kappa shape index (κ3) is 3.94. The van der Waals surface area contributed by atoms with Gasteiger partial charge in [-0.15, -0.1) is 0 Å². The van der Waals surface area contributed by atoms with Gasteiger partial charge in [-0.05, 0) is 19.3 Å². The molecule has 0 radical (unpaired) electrons. The average molecular weight is 269 g/mol. The van der Waals surface area contributed by atoms with Gasteiger partial charge >= 0.3 is 0 Å². The first-order valence-corrected chi connectivity index (χ1v) is 10.8. The van der Waals surface area contributed by atoms with Crippen LogP contribution in [0.3, 0.4) is 0 Å². The molecular weight excluding hydrogens is 242 g/mol. The summed E-state index contributed by atoms with van der Waals surface area (Å²) in [5, 5.41) is 0. The van der Waals surface area contributed by atoms with Crippen molar-refractivity contribution < 1.29 is 9.59 Å². The second kappa shape index (κ2) is 6.00. The molecule has 0 aromatic carbocycles. The molecule has 1 saturated heterocycles. The maximum atomic E-state index is 12.1. The van der Waals surface area contributed by atoms with Crippen molar-refractivity contribution in [3.63, 3.8) is 0 Å². The van der Waals surface area contributed by atoms with Gasteiger partial charge in [-0.2, -0.15) is 0 Å². The van der Waals surface area contributed by atoms with E-state index in [1.165, 1.54) is 17.9 Å². The van der Waals surface area contributed by atoms with E-state index in [0.717, 1.165) is 25.7 Å². The van der Waals surface area contributed by atoms with E-state index in [2.05, 4.69) is 19.6 Å². The number of hydrogen-bond donors (Lipinski definition) is 0. The Kier molecular flexibility index (Phi) is 5.14. The van der Waals surface area contributed by atoms with Crippen molar-refractivity contribution >= 4 is 19.9 Å². The number of imide groups is 1. The second-order valence-corrected chi connectivity index (χ2v) is 12.3. The molecule has 0 bridgehead atoms. The van der Waals surface area contributed by atoms with Crippen LogP contribution in [0.15, 0.2) is 0 Å². The molecule has 1 heterocycles. The summed E-state index contributed by atoms with van der Waals surface area (Å²) in [5.74, 6) is 0.0581. The molecule has 18 heavy (non-hydrogen) atoms. The highest BCUT2D eigenvalue weighted by Crippen LogP contribution is 2.30. The van der Waals surface area contributed by atoms with E-state index < -0.39 is 8.07 Å². The van der Waals surface area contributed by atoms with E-state index in [1.807, 2.05) is 6.92 Å². The van der Waals surface area contributed by atoms with Crippen molar-refractivity contribution in [2.75, 3.05) is 0 Å². The molecule has 0 aliphatic carbocycles. The summed E-state index contributed by atoms with van der Waals surface area (Å²) in [6.07, 6.45) is 3.87. The molecule has 4 heteroatoms. The summed E-state index contributed by atoms with van der Waals surface area (Å²) in [5.41, 5.74) is 0. The number of nitrogens with zero attached hydrogens (tertiary/aromatic N) is 1. The van der Waals surface area contributed by atoms with Crippen LogP contribution in [0.1, 0.15) is 39.5 Å². The molecule has 0 spiro atoms. The third-order valence-electron chi connectivity index (χ3n) is 3.80. The lowest BCUT2D eigenvalue weighted by atomic mass is 10.0. The Bertz CT molecular complexity index is 322. The molecular formula is C14H27NO2Si. The van der Waals surface area contributed by atoms with Crippen LogP contribution in [0.5, 0.6) is 0 Å². The Morgan fingerprint density at radius 3 is 2.44 bits per heavy atom. The largest absolute Gasteiger partial charge is 0.279 e. The van der Waals surface area contributed by atoms with Crippen molar-refractivity contribution in [1.82, 2.24) is 4.90 Å². The van der Waals surface area contributed by atoms with E-state index in [4.69, 9.17) is 0 Å². The molecule has 104 valence electrons. The molecule has 0 aromatic rings. The molecule has 0 aromatic heterocycles. The third-order valence-corrected chi connectivity index (χ3v) is 5.66. The van der Waals surface area contributed by atoms with Gasteiger partial charge in [-0.1, -0.05) is 39.0 Å². The molecule has 0 saturated carbocycles. The summed E-state index contributed by atoms with van der Waals surface area (Å²) in [4.78, 5) is 25.2. The molecule has 1 aliphatic rings. The predicted octanol–water partition coefficient (Wildman–Crippen LogP) is 3.28. The fourth-order valence-corrected chi connectivity index (χ4v) is 4.04. The molecule has 0 N–H and O–H groups in total. The normalized spacial score (nSPS) is 24.7. The fourth-order valence-electron chi connectivity index (χ4n) is 2.78. The highest BCUT2D eigenvalue weighted by Gasteiger charge is 2.40. The predicted molar refractivity (Wildman–Crippen MR) is 77.1 cm³/mol. The molecule has 1 fully saturated rings. The Morgan fingerprint density at radius 1 is 1.39 bits per heavy atom. The van der Waals surface area contributed by atoms with Crippen molar-refractivity contribution in [2.24, 2.45) is 5.92 Å². The molecule has 2 atom stereocenters. The van der Waals surface area contributed by atoms with E-state index in [-0.39, 0.29) is 23.8 Å². The average Bonchev–Trinajstić information content (AvgIpc) is 2.53. The van der Waals surface area contributed by atoms with Crippen molar-refractivity contribution in [3.05, 3.63) is 0 Å². The Labute approximate surface area is 112 Å². The first kappa shape index (κ1) is 15.4. The lowest BCUT2D eigenvalue weighted by Crippen LogP contribution is -2.38. The minimum Gasteiger partial charge on any atom is -0.279 e. The van der Waals surface area contributed by atoms with Crippen LogP contribution in [0, 0.1) is 5.92 Å². The summed E-state index contributed by atoms with van der Waals surface area (Å²) in [7, 11) is -1.01. The molecule has 3 nitrogen and oxygen atoms in total. The maximum Gasteiger partial charge on any atom is 0.232 e. The number of hydrogen-bond acceptors (Lipinski definition) is 2. The van der Waals surface area contributed by atoms with Gasteiger partial charge in [0, 0.05) is 27.0 Å². The van der Waals surface area contributed by atoms with E-state index >= 15 is 0 Å². The zero-order valence-corrected chi connectivity index (χ0v) is 13.5. The summed E-state index contributed by atoms with van der Waals surface area (Å²) >= 11 is 0. The highest BCUT2D eigenvalue weighted by atomic mass is 28.3. The van der Waals surface area contributed by atoms with Gasteiger partial charge in [0.1, 0.15) is 0 Å². The van der Waals surface area contributed by atoms with Gasteiger partial charge in [-0.25, -0.2) is 0 Å². The smallest absolute Gasteiger partial charge is 0.232 e. The topological polar surface area (TPSA) is 37.4 Å². The van der Waals surface area contributed by atoms with Gasteiger partial charge in [-0.3, -0.25) is 14.5 Å². The maximum absolute atomic E-state index is 12.1. The standard InChI is InChI=1S/C14H27NO2Si/c1-6-12-10-13(8-7-9-18(3,4)5)15(11(2)16)14(12)17/h12-13H,6-10H2,1-5H3/t12-,13+/m1/s1. The Morgan fingerprint density at radius 2 is 2.00 bits per heavy atom. The minimum absolute atomic E-state index is 0.0583. The van der Waals surface area contributed by atoms with Crippen LogP contribution in [0.25, 0.3) is 0 Å². The summed E-state index contributed by atoms with van der Waals surface area (Å²) in [6.45, 7) is 10.6. The van der Waals surface area contributed by atoms with Crippen LogP contribution < -0.4 is 0 Å². The molecule has 2 amide bonds. The van der Waals surface area contributed by atoms with Gasteiger partial charge in [0.2, 0.25) is 11.8 Å². The van der Waals surface area contributed by atoms with Crippen LogP contribution >= 0.6 is 0 Å². The van der Waals surface area contributed by atoms with Gasteiger partial charge < -0.3 is 0 Å². The zero-order valence-electron chi connectivity index (χ0n) is 12.5. The van der Waals surface area contributed by atoms with E-state index in [1.54, 1.807) is 0 Å². The zero-order chi connectivity index (χ0) is 13.9. The fraction of sp³-hybridized carbons (Fsp3) is 0.857. The number of carbonyl (C=O) groups excluding carboxylic acids is 2. The minimum atomic E-state index is -1.01. The second-order valence-electron chi connectivity index (χ2n) is 6.67. The van der Waals surface area contributed by atoms with Crippen molar-refractivity contribution in [1.29, 1.82) is 0 Å². The van der Waals surface area contributed by atoms with Crippen LogP contribution in [0.2, 0.25) is 25.7 Å². The van der Waals surface area contributed by atoms with E-state index in [0.29, 0.717) is 0 Å². The van der Waals surface area contributed by atoms with Crippen LogP contribution in [-0.4, -0.2) is 30.8 Å². The lowest BCUT2D eigenvalue weighted by molar-refractivity contribution is -0.144. The SMILES string of the molecule is CC[C@@H]1C[C@H](CCC[Si](C)(C)C)N(C(C)=O)C1=O. The van der Waals surface area contributed by atoms with Crippen LogP contribution in [0.4, 0.5) is 0 Å². The Hall–Kier alpha value is -0.643. The van der Waals surface area contributed by atoms with Gasteiger partial charge in [0.05, 0.1) is 0 Å².